The fourth-order valence-corrected chi connectivity index (χ4v) is 4.74. The van der Waals surface area contributed by atoms with Gasteiger partial charge in [-0.15, -0.1) is 0 Å². The molecule has 0 N–H and O–H groups in total. The number of thioether (sulfide) groups is 1. The second-order valence-corrected chi connectivity index (χ2v) is 8.16. The molecule has 0 saturated carbocycles. The van der Waals surface area contributed by atoms with Crippen LogP contribution < -0.4 is 0 Å². The number of carbonyl (C=O) groups excluding carboxylic acids is 2. The molecule has 0 spiro atoms. The molecule has 2 atom stereocenters. The van der Waals surface area contributed by atoms with Crippen LogP contribution in [0, 0.1) is 0 Å². The fraction of sp³-hybridized carbons (Fsp3) is 0.261. The summed E-state index contributed by atoms with van der Waals surface area (Å²) in [5.74, 6) is -0.452. The Balaban J connectivity index is 1.69. The Kier molecular flexibility index (Phi) is 5.53. The summed E-state index contributed by atoms with van der Waals surface area (Å²) >= 11 is 1.47. The zero-order chi connectivity index (χ0) is 20.4. The molecule has 148 valence electrons. The molecule has 2 aliphatic rings. The molecule has 1 amide bonds. The van der Waals surface area contributed by atoms with Gasteiger partial charge in [0.1, 0.15) is 6.61 Å². The molecule has 0 aromatic heterocycles. The van der Waals surface area contributed by atoms with Gasteiger partial charge in [0, 0.05) is 0 Å². The number of hydrogen-bond donors (Lipinski definition) is 0. The Hall–Kier alpha value is -2.86. The third-order valence-corrected chi connectivity index (χ3v) is 6.39. The van der Waals surface area contributed by atoms with Crippen LogP contribution in [0.15, 0.2) is 76.9 Å². The van der Waals surface area contributed by atoms with Gasteiger partial charge in [-0.3, -0.25) is 9.69 Å². The molecule has 0 bridgehead atoms. The number of amidine groups is 1. The van der Waals surface area contributed by atoms with Gasteiger partial charge >= 0.3 is 5.97 Å². The molecule has 2 aromatic carbocycles. The minimum atomic E-state index is -0.525. The zero-order valence-electron chi connectivity index (χ0n) is 16.4. The second-order valence-electron chi connectivity index (χ2n) is 6.99. The quantitative estimate of drug-likeness (QED) is 0.688. The van der Waals surface area contributed by atoms with Crippen molar-refractivity contribution in [3.05, 3.63) is 83.1 Å². The lowest BCUT2D eigenvalue weighted by molar-refractivity contribution is -0.141. The van der Waals surface area contributed by atoms with Crippen molar-refractivity contribution in [1.82, 2.24) is 4.90 Å². The van der Waals surface area contributed by atoms with Crippen LogP contribution in [-0.2, 0) is 20.9 Å². The number of benzene rings is 2. The monoisotopic (exact) mass is 406 g/mol. The zero-order valence-corrected chi connectivity index (χ0v) is 17.2. The fourth-order valence-electron chi connectivity index (χ4n) is 3.60. The molecule has 2 unspecified atom stereocenters. The van der Waals surface area contributed by atoms with Crippen molar-refractivity contribution in [2.24, 2.45) is 4.99 Å². The SMILES string of the molecule is CCC1SC2=NC(C)=C(C(=O)OCc3ccccc3)C(c3ccccc3)N2C1=O. The maximum Gasteiger partial charge on any atom is 0.338 e. The highest BCUT2D eigenvalue weighted by atomic mass is 32.2. The van der Waals surface area contributed by atoms with Crippen molar-refractivity contribution in [1.29, 1.82) is 0 Å². The van der Waals surface area contributed by atoms with Crippen LogP contribution in [0.3, 0.4) is 0 Å². The number of aliphatic imine (C=N–C) groups is 1. The normalized spacial score (nSPS) is 21.1. The summed E-state index contributed by atoms with van der Waals surface area (Å²) in [4.78, 5) is 32.4. The van der Waals surface area contributed by atoms with Gasteiger partial charge < -0.3 is 4.74 Å². The summed E-state index contributed by atoms with van der Waals surface area (Å²) in [6.45, 7) is 3.97. The predicted molar refractivity (Wildman–Crippen MR) is 114 cm³/mol. The van der Waals surface area contributed by atoms with Crippen LogP contribution in [-0.4, -0.2) is 27.2 Å². The standard InChI is InChI=1S/C23H22N2O3S/c1-3-18-21(26)25-20(17-12-8-5-9-13-17)19(15(2)24-23(25)29-18)22(27)28-14-16-10-6-4-7-11-16/h4-13,18,20H,3,14H2,1-2H3. The molecule has 1 saturated heterocycles. The first kappa shape index (κ1) is 19.5. The molecule has 0 radical (unpaired) electrons. The molecule has 6 heteroatoms. The van der Waals surface area contributed by atoms with Crippen molar-refractivity contribution in [2.75, 3.05) is 0 Å². The van der Waals surface area contributed by atoms with E-state index in [0.717, 1.165) is 11.1 Å². The molecule has 2 heterocycles. The summed E-state index contributed by atoms with van der Waals surface area (Å²) in [6, 6.07) is 18.6. The van der Waals surface area contributed by atoms with Crippen molar-refractivity contribution in [2.45, 2.75) is 38.2 Å². The van der Waals surface area contributed by atoms with E-state index in [9.17, 15) is 9.59 Å². The highest BCUT2D eigenvalue weighted by molar-refractivity contribution is 8.15. The number of nitrogens with zero attached hydrogens (tertiary/aromatic N) is 2. The van der Waals surface area contributed by atoms with Crippen LogP contribution in [0.4, 0.5) is 0 Å². The molecule has 2 aliphatic heterocycles. The smallest absolute Gasteiger partial charge is 0.338 e. The maximum atomic E-state index is 13.1. The van der Waals surface area contributed by atoms with E-state index < -0.39 is 12.0 Å². The molecule has 1 fully saturated rings. The number of hydrogen-bond acceptors (Lipinski definition) is 5. The highest BCUT2D eigenvalue weighted by Gasteiger charge is 2.47. The summed E-state index contributed by atoms with van der Waals surface area (Å²) in [5.41, 5.74) is 2.80. The van der Waals surface area contributed by atoms with Crippen LogP contribution >= 0.6 is 11.8 Å². The van der Waals surface area contributed by atoms with E-state index in [1.165, 1.54) is 11.8 Å². The minimum absolute atomic E-state index is 0.00837. The van der Waals surface area contributed by atoms with Gasteiger partial charge in [0.05, 0.1) is 22.6 Å². The van der Waals surface area contributed by atoms with Crippen LogP contribution in [0.2, 0.25) is 0 Å². The van der Waals surface area contributed by atoms with Crippen molar-refractivity contribution >= 4 is 28.8 Å². The molecular formula is C23H22N2O3S. The molecular weight excluding hydrogens is 384 g/mol. The van der Waals surface area contributed by atoms with Gasteiger partial charge in [0.25, 0.3) is 0 Å². The molecule has 29 heavy (non-hydrogen) atoms. The third kappa shape index (κ3) is 3.72. The van der Waals surface area contributed by atoms with Crippen LogP contribution in [0.25, 0.3) is 0 Å². The average molecular weight is 407 g/mol. The average Bonchev–Trinajstić information content (AvgIpc) is 3.07. The second kappa shape index (κ2) is 8.25. The first-order valence-corrected chi connectivity index (χ1v) is 10.5. The minimum Gasteiger partial charge on any atom is -0.457 e. The number of allylic oxidation sites excluding steroid dienone is 1. The first-order chi connectivity index (χ1) is 14.1. The highest BCUT2D eigenvalue weighted by Crippen LogP contribution is 2.43. The van der Waals surface area contributed by atoms with Crippen molar-refractivity contribution in [3.63, 3.8) is 0 Å². The summed E-state index contributed by atoms with van der Waals surface area (Å²) in [7, 11) is 0. The predicted octanol–water partition coefficient (Wildman–Crippen LogP) is 4.47. The maximum absolute atomic E-state index is 13.1. The van der Waals surface area contributed by atoms with E-state index in [4.69, 9.17) is 4.74 Å². The number of rotatable bonds is 5. The Bertz CT molecular complexity index is 986. The van der Waals surface area contributed by atoms with Gasteiger partial charge in [-0.2, -0.15) is 0 Å². The number of carbonyl (C=O) groups is 2. The topological polar surface area (TPSA) is 59.0 Å². The summed E-state index contributed by atoms with van der Waals surface area (Å²) in [6.07, 6.45) is 0.716. The van der Waals surface area contributed by atoms with Gasteiger partial charge in [-0.05, 0) is 24.5 Å². The van der Waals surface area contributed by atoms with Gasteiger partial charge in [-0.1, -0.05) is 79.3 Å². The summed E-state index contributed by atoms with van der Waals surface area (Å²) in [5, 5.41) is 0.486. The Morgan fingerprint density at radius 3 is 2.41 bits per heavy atom. The molecule has 0 aliphatic carbocycles. The Labute approximate surface area is 174 Å². The van der Waals surface area contributed by atoms with Gasteiger partial charge in [0.15, 0.2) is 5.17 Å². The lowest BCUT2D eigenvalue weighted by Gasteiger charge is -2.33. The van der Waals surface area contributed by atoms with Crippen molar-refractivity contribution < 1.29 is 14.3 Å². The van der Waals surface area contributed by atoms with E-state index in [-0.39, 0.29) is 17.8 Å². The molecule has 4 rings (SSSR count). The Morgan fingerprint density at radius 2 is 1.76 bits per heavy atom. The van der Waals surface area contributed by atoms with E-state index in [1.807, 2.05) is 74.5 Å². The number of esters is 1. The lowest BCUT2D eigenvalue weighted by Crippen LogP contribution is -2.40. The van der Waals surface area contributed by atoms with Crippen LogP contribution in [0.5, 0.6) is 0 Å². The first-order valence-electron chi connectivity index (χ1n) is 9.65. The summed E-state index contributed by atoms with van der Waals surface area (Å²) < 4.78 is 5.62. The Morgan fingerprint density at radius 1 is 1.10 bits per heavy atom. The van der Waals surface area contributed by atoms with E-state index in [0.29, 0.717) is 22.9 Å². The van der Waals surface area contributed by atoms with Gasteiger partial charge in [-0.25, -0.2) is 9.79 Å². The molecule has 5 nitrogen and oxygen atoms in total. The number of ether oxygens (including phenoxy) is 1. The molecule has 2 aromatic rings. The van der Waals surface area contributed by atoms with Gasteiger partial charge in [0.2, 0.25) is 5.91 Å². The van der Waals surface area contributed by atoms with Crippen molar-refractivity contribution in [3.8, 4) is 0 Å². The van der Waals surface area contributed by atoms with E-state index in [1.54, 1.807) is 4.90 Å². The largest absolute Gasteiger partial charge is 0.457 e. The van der Waals surface area contributed by atoms with Crippen LogP contribution in [0.1, 0.15) is 37.4 Å². The number of fused-ring (bicyclic) bond motifs is 1. The third-order valence-electron chi connectivity index (χ3n) is 5.07. The van der Waals surface area contributed by atoms with E-state index >= 15 is 0 Å². The van der Waals surface area contributed by atoms with E-state index in [2.05, 4.69) is 4.99 Å². The number of amides is 1. The lowest BCUT2D eigenvalue weighted by atomic mass is 9.94.